The van der Waals surface area contributed by atoms with Crippen LogP contribution in [0.5, 0.6) is 0 Å². The molecule has 0 aliphatic carbocycles. The molecule has 0 fully saturated rings. The number of benzene rings is 1. The highest BCUT2D eigenvalue weighted by Crippen LogP contribution is 2.11. The van der Waals surface area contributed by atoms with Gasteiger partial charge in [0.25, 0.3) is 0 Å². The Morgan fingerprint density at radius 1 is 1.46 bits per heavy atom. The van der Waals surface area contributed by atoms with E-state index in [1.807, 2.05) is 0 Å². The smallest absolute Gasteiger partial charge is 0.237 e. The summed E-state index contributed by atoms with van der Waals surface area (Å²) in [5.41, 5.74) is 6.94. The molecule has 3 N–H and O–H groups in total. The number of anilines is 2. The molecule has 0 saturated heterocycles. The van der Waals surface area contributed by atoms with E-state index < -0.39 is 0 Å². The third-order valence-corrected chi connectivity index (χ3v) is 1.96. The average molecular weight is 243 g/mol. The van der Waals surface area contributed by atoms with Gasteiger partial charge in [-0.15, -0.1) is 0 Å². The van der Waals surface area contributed by atoms with E-state index in [1.165, 1.54) is 0 Å². The van der Waals surface area contributed by atoms with Crippen LogP contribution in [0.3, 0.4) is 0 Å². The van der Waals surface area contributed by atoms with Gasteiger partial charge in [0.05, 0.1) is 4.83 Å². The molecule has 0 radical (unpaired) electrons. The monoisotopic (exact) mass is 242 g/mol. The molecule has 0 saturated carbocycles. The van der Waals surface area contributed by atoms with E-state index in [9.17, 15) is 4.79 Å². The van der Waals surface area contributed by atoms with Crippen molar-refractivity contribution in [2.75, 3.05) is 11.1 Å². The van der Waals surface area contributed by atoms with Gasteiger partial charge < -0.3 is 11.1 Å². The summed E-state index contributed by atoms with van der Waals surface area (Å²) in [6, 6.07) is 7.02. The van der Waals surface area contributed by atoms with Crippen molar-refractivity contribution < 1.29 is 4.79 Å². The zero-order valence-corrected chi connectivity index (χ0v) is 8.84. The highest BCUT2D eigenvalue weighted by molar-refractivity contribution is 9.10. The molecule has 1 atom stereocenters. The number of rotatable bonds is 2. The lowest BCUT2D eigenvalue weighted by atomic mass is 10.3. The minimum atomic E-state index is -0.190. The molecule has 1 rings (SSSR count). The maximum Gasteiger partial charge on any atom is 0.237 e. The average Bonchev–Trinajstić information content (AvgIpc) is 2.08. The lowest BCUT2D eigenvalue weighted by Gasteiger charge is -2.06. The van der Waals surface area contributed by atoms with Gasteiger partial charge in [0.1, 0.15) is 0 Å². The SMILES string of the molecule is C[C@H](Br)C(=O)Nc1ccc(N)cc1. The molecule has 0 aromatic heterocycles. The van der Waals surface area contributed by atoms with Crippen molar-refractivity contribution >= 4 is 33.2 Å². The molecule has 3 nitrogen and oxygen atoms in total. The lowest BCUT2D eigenvalue weighted by Crippen LogP contribution is -2.19. The molecule has 4 heteroatoms. The second-order valence-electron chi connectivity index (χ2n) is 2.73. The molecule has 0 heterocycles. The number of halogens is 1. The van der Waals surface area contributed by atoms with Gasteiger partial charge in [-0.1, -0.05) is 15.9 Å². The van der Waals surface area contributed by atoms with E-state index in [-0.39, 0.29) is 10.7 Å². The van der Waals surface area contributed by atoms with E-state index in [1.54, 1.807) is 31.2 Å². The van der Waals surface area contributed by atoms with Gasteiger partial charge in [-0.2, -0.15) is 0 Å². The van der Waals surface area contributed by atoms with Gasteiger partial charge in [-0.25, -0.2) is 0 Å². The Bertz CT molecular complexity index is 295. The molecule has 70 valence electrons. The third kappa shape index (κ3) is 3.06. The van der Waals surface area contributed by atoms with E-state index in [4.69, 9.17) is 5.73 Å². The van der Waals surface area contributed by atoms with Gasteiger partial charge in [-0.05, 0) is 31.2 Å². The first-order valence-electron chi connectivity index (χ1n) is 3.90. The summed E-state index contributed by atoms with van der Waals surface area (Å²) in [4.78, 5) is 11.0. The minimum Gasteiger partial charge on any atom is -0.399 e. The van der Waals surface area contributed by atoms with Crippen LogP contribution in [0.15, 0.2) is 24.3 Å². The topological polar surface area (TPSA) is 55.1 Å². The molecule has 0 aliphatic rings. The largest absolute Gasteiger partial charge is 0.399 e. The van der Waals surface area contributed by atoms with Crippen LogP contribution >= 0.6 is 15.9 Å². The third-order valence-electron chi connectivity index (χ3n) is 1.54. The Balaban J connectivity index is 2.65. The summed E-state index contributed by atoms with van der Waals surface area (Å²) in [6.07, 6.45) is 0. The molecule has 0 bridgehead atoms. The number of hydrogen-bond acceptors (Lipinski definition) is 2. The van der Waals surface area contributed by atoms with Gasteiger partial charge in [0, 0.05) is 11.4 Å². The molecule has 0 spiro atoms. The summed E-state index contributed by atoms with van der Waals surface area (Å²) in [5, 5.41) is 2.73. The molecule has 1 aromatic rings. The molecule has 0 unspecified atom stereocenters. The highest BCUT2D eigenvalue weighted by Gasteiger charge is 2.07. The number of alkyl halides is 1. The molecule has 13 heavy (non-hydrogen) atoms. The Morgan fingerprint density at radius 3 is 2.46 bits per heavy atom. The number of carbonyl (C=O) groups excluding carboxylic acids is 1. The predicted octanol–water partition coefficient (Wildman–Crippen LogP) is 1.99. The fourth-order valence-electron chi connectivity index (χ4n) is 0.808. The number of amides is 1. The Morgan fingerprint density at radius 2 is 2.00 bits per heavy atom. The normalized spacial score (nSPS) is 12.2. The van der Waals surface area contributed by atoms with E-state index in [0.717, 1.165) is 5.69 Å². The maximum atomic E-state index is 11.2. The Kier molecular flexibility index (Phi) is 3.31. The van der Waals surface area contributed by atoms with Crippen LogP contribution in [-0.4, -0.2) is 10.7 Å². The second kappa shape index (κ2) is 4.28. The van der Waals surface area contributed by atoms with Crippen LogP contribution in [0, 0.1) is 0 Å². The number of nitrogens with two attached hydrogens (primary N) is 1. The Hall–Kier alpha value is -1.03. The molecular formula is C9H11BrN2O. The number of carbonyl (C=O) groups is 1. The minimum absolute atomic E-state index is 0.0650. The summed E-state index contributed by atoms with van der Waals surface area (Å²) < 4.78 is 0. The second-order valence-corrected chi connectivity index (χ2v) is 4.10. The summed E-state index contributed by atoms with van der Waals surface area (Å²) in [5.74, 6) is -0.0650. The quantitative estimate of drug-likeness (QED) is 0.616. The Labute approximate surface area is 85.4 Å². The first-order valence-corrected chi connectivity index (χ1v) is 4.81. The maximum absolute atomic E-state index is 11.2. The molecular weight excluding hydrogens is 232 g/mol. The zero-order valence-electron chi connectivity index (χ0n) is 7.25. The van der Waals surface area contributed by atoms with Crippen LogP contribution in [0.2, 0.25) is 0 Å². The van der Waals surface area contributed by atoms with Crippen molar-refractivity contribution in [1.29, 1.82) is 0 Å². The zero-order chi connectivity index (χ0) is 9.84. The van der Waals surface area contributed by atoms with E-state index in [2.05, 4.69) is 21.2 Å². The van der Waals surface area contributed by atoms with Crippen molar-refractivity contribution in [3.8, 4) is 0 Å². The first kappa shape index (κ1) is 10.1. The van der Waals surface area contributed by atoms with Crippen molar-refractivity contribution in [3.63, 3.8) is 0 Å². The molecule has 1 aromatic carbocycles. The number of hydrogen-bond donors (Lipinski definition) is 2. The van der Waals surface area contributed by atoms with Gasteiger partial charge >= 0.3 is 0 Å². The lowest BCUT2D eigenvalue weighted by molar-refractivity contribution is -0.115. The van der Waals surface area contributed by atoms with Crippen LogP contribution < -0.4 is 11.1 Å². The standard InChI is InChI=1S/C9H11BrN2O/c1-6(10)9(13)12-8-4-2-7(11)3-5-8/h2-6H,11H2,1H3,(H,12,13)/t6-/m0/s1. The summed E-state index contributed by atoms with van der Waals surface area (Å²) in [6.45, 7) is 1.77. The van der Waals surface area contributed by atoms with Gasteiger partial charge in [0.2, 0.25) is 5.91 Å². The van der Waals surface area contributed by atoms with Gasteiger partial charge in [0.15, 0.2) is 0 Å². The predicted molar refractivity (Wildman–Crippen MR) is 57.9 cm³/mol. The van der Waals surface area contributed by atoms with Crippen LogP contribution in [0.25, 0.3) is 0 Å². The van der Waals surface area contributed by atoms with Crippen molar-refractivity contribution in [2.45, 2.75) is 11.8 Å². The van der Waals surface area contributed by atoms with Crippen molar-refractivity contribution in [2.24, 2.45) is 0 Å². The molecule has 0 aliphatic heterocycles. The number of nitrogen functional groups attached to an aromatic ring is 1. The number of nitrogens with one attached hydrogen (secondary N) is 1. The van der Waals surface area contributed by atoms with Crippen LogP contribution in [-0.2, 0) is 4.79 Å². The molecule has 1 amide bonds. The fourth-order valence-corrected chi connectivity index (χ4v) is 0.923. The fraction of sp³-hybridized carbons (Fsp3) is 0.222. The van der Waals surface area contributed by atoms with Crippen LogP contribution in [0.1, 0.15) is 6.92 Å². The van der Waals surface area contributed by atoms with Gasteiger partial charge in [-0.3, -0.25) is 4.79 Å². The summed E-state index contributed by atoms with van der Waals surface area (Å²) >= 11 is 3.17. The summed E-state index contributed by atoms with van der Waals surface area (Å²) in [7, 11) is 0. The van der Waals surface area contributed by atoms with Crippen molar-refractivity contribution in [1.82, 2.24) is 0 Å². The highest BCUT2D eigenvalue weighted by atomic mass is 79.9. The first-order chi connectivity index (χ1) is 6.09. The van der Waals surface area contributed by atoms with E-state index >= 15 is 0 Å². The van der Waals surface area contributed by atoms with Crippen molar-refractivity contribution in [3.05, 3.63) is 24.3 Å². The van der Waals surface area contributed by atoms with Crippen LogP contribution in [0.4, 0.5) is 11.4 Å². The van der Waals surface area contributed by atoms with E-state index in [0.29, 0.717) is 5.69 Å².